The quantitative estimate of drug-likeness (QED) is 0.541. The molecule has 1 N–H and O–H groups in total. The average molecular weight is 256 g/mol. The van der Waals surface area contributed by atoms with Crippen molar-refractivity contribution < 1.29 is 9.90 Å². The molecule has 0 amide bonds. The van der Waals surface area contributed by atoms with E-state index in [0.29, 0.717) is 0 Å². The third kappa shape index (κ3) is 7.73. The predicted molar refractivity (Wildman–Crippen MR) is 77.8 cm³/mol. The van der Waals surface area contributed by atoms with E-state index in [0.717, 1.165) is 12.8 Å². The maximum Gasteiger partial charge on any atom is 0.309 e. The summed E-state index contributed by atoms with van der Waals surface area (Å²) >= 11 is 0. The summed E-state index contributed by atoms with van der Waals surface area (Å²) < 4.78 is 0. The summed E-state index contributed by atoms with van der Waals surface area (Å²) in [7, 11) is 0. The molecular formula is C16H32O2. The van der Waals surface area contributed by atoms with E-state index in [-0.39, 0.29) is 5.41 Å². The Morgan fingerprint density at radius 1 is 0.944 bits per heavy atom. The van der Waals surface area contributed by atoms with Crippen molar-refractivity contribution in [2.45, 2.75) is 86.0 Å². The van der Waals surface area contributed by atoms with Crippen LogP contribution in [0.15, 0.2) is 0 Å². The van der Waals surface area contributed by atoms with Gasteiger partial charge in [-0.05, 0) is 32.1 Å². The molecule has 0 rings (SSSR count). The van der Waals surface area contributed by atoms with Gasteiger partial charge in [-0.15, -0.1) is 0 Å². The highest BCUT2D eigenvalue weighted by Gasteiger charge is 2.34. The molecule has 2 heteroatoms. The van der Waals surface area contributed by atoms with E-state index in [4.69, 9.17) is 0 Å². The fourth-order valence-corrected chi connectivity index (χ4v) is 2.74. The SMILES string of the molecule is CCCCCCCCC(C)(C)CC(C)(C)C(=O)O. The summed E-state index contributed by atoms with van der Waals surface area (Å²) in [6, 6.07) is 0. The first kappa shape index (κ1) is 17.5. The maximum atomic E-state index is 11.1. The second-order valence-electron chi connectivity index (χ2n) is 7.05. The van der Waals surface area contributed by atoms with E-state index in [9.17, 15) is 9.90 Å². The van der Waals surface area contributed by atoms with Crippen LogP contribution in [0.5, 0.6) is 0 Å². The van der Waals surface area contributed by atoms with Gasteiger partial charge in [0, 0.05) is 0 Å². The predicted octanol–water partition coefficient (Wildman–Crippen LogP) is 5.26. The Morgan fingerprint density at radius 3 is 1.94 bits per heavy atom. The number of carboxylic acids is 1. The summed E-state index contributed by atoms with van der Waals surface area (Å²) in [5.74, 6) is -0.682. The smallest absolute Gasteiger partial charge is 0.309 e. The molecule has 0 saturated heterocycles. The number of rotatable bonds is 10. The third-order valence-electron chi connectivity index (χ3n) is 3.71. The van der Waals surface area contributed by atoms with E-state index in [1.54, 1.807) is 0 Å². The molecule has 0 unspecified atom stereocenters. The number of unbranched alkanes of at least 4 members (excludes halogenated alkanes) is 5. The van der Waals surface area contributed by atoms with Gasteiger partial charge in [0.15, 0.2) is 0 Å². The van der Waals surface area contributed by atoms with E-state index in [1.165, 1.54) is 38.5 Å². The molecule has 108 valence electrons. The Morgan fingerprint density at radius 2 is 1.44 bits per heavy atom. The van der Waals surface area contributed by atoms with Crippen molar-refractivity contribution in [2.24, 2.45) is 10.8 Å². The van der Waals surface area contributed by atoms with Gasteiger partial charge in [-0.2, -0.15) is 0 Å². The molecule has 0 bridgehead atoms. The Balaban J connectivity index is 3.90. The molecule has 0 radical (unpaired) electrons. The van der Waals surface area contributed by atoms with Crippen LogP contribution in [0.4, 0.5) is 0 Å². The van der Waals surface area contributed by atoms with Crippen LogP contribution in [0.1, 0.15) is 86.0 Å². The lowest BCUT2D eigenvalue weighted by molar-refractivity contribution is -0.148. The molecule has 0 fully saturated rings. The minimum atomic E-state index is -0.682. The zero-order chi connectivity index (χ0) is 14.2. The average Bonchev–Trinajstić information content (AvgIpc) is 2.21. The number of hydrogen-bond acceptors (Lipinski definition) is 1. The molecule has 0 atom stereocenters. The zero-order valence-electron chi connectivity index (χ0n) is 13.0. The largest absolute Gasteiger partial charge is 0.481 e. The Labute approximate surface area is 113 Å². The highest BCUT2D eigenvalue weighted by atomic mass is 16.4. The van der Waals surface area contributed by atoms with Crippen molar-refractivity contribution in [3.05, 3.63) is 0 Å². The topological polar surface area (TPSA) is 37.3 Å². The van der Waals surface area contributed by atoms with Crippen molar-refractivity contribution in [1.82, 2.24) is 0 Å². The highest BCUT2D eigenvalue weighted by Crippen LogP contribution is 2.37. The molecule has 18 heavy (non-hydrogen) atoms. The fourth-order valence-electron chi connectivity index (χ4n) is 2.74. The lowest BCUT2D eigenvalue weighted by Gasteiger charge is -2.32. The lowest BCUT2D eigenvalue weighted by Crippen LogP contribution is -2.30. The van der Waals surface area contributed by atoms with Crippen LogP contribution in [0.2, 0.25) is 0 Å². The van der Waals surface area contributed by atoms with Crippen LogP contribution in [0, 0.1) is 10.8 Å². The van der Waals surface area contributed by atoms with Gasteiger partial charge in [-0.1, -0.05) is 59.3 Å². The molecule has 0 aromatic rings. The molecule has 0 aliphatic carbocycles. The highest BCUT2D eigenvalue weighted by molar-refractivity contribution is 5.73. The first-order valence-electron chi connectivity index (χ1n) is 7.45. The Hall–Kier alpha value is -0.530. The van der Waals surface area contributed by atoms with E-state index in [1.807, 2.05) is 13.8 Å². The molecule has 0 heterocycles. The normalized spacial score (nSPS) is 12.7. The minimum absolute atomic E-state index is 0.132. The van der Waals surface area contributed by atoms with E-state index >= 15 is 0 Å². The van der Waals surface area contributed by atoms with Crippen LogP contribution < -0.4 is 0 Å². The summed E-state index contributed by atoms with van der Waals surface area (Å²) in [5, 5.41) is 9.17. The van der Waals surface area contributed by atoms with Crippen LogP contribution in [0.3, 0.4) is 0 Å². The van der Waals surface area contributed by atoms with Crippen molar-refractivity contribution in [2.75, 3.05) is 0 Å². The van der Waals surface area contributed by atoms with Gasteiger partial charge in [0.05, 0.1) is 5.41 Å². The van der Waals surface area contributed by atoms with Crippen LogP contribution >= 0.6 is 0 Å². The van der Waals surface area contributed by atoms with Crippen LogP contribution in [-0.4, -0.2) is 11.1 Å². The molecule has 0 aliphatic heterocycles. The van der Waals surface area contributed by atoms with Gasteiger partial charge in [0.2, 0.25) is 0 Å². The van der Waals surface area contributed by atoms with Crippen molar-refractivity contribution in [3.63, 3.8) is 0 Å². The van der Waals surface area contributed by atoms with Crippen LogP contribution in [0.25, 0.3) is 0 Å². The van der Waals surface area contributed by atoms with Crippen LogP contribution in [-0.2, 0) is 4.79 Å². The van der Waals surface area contributed by atoms with Gasteiger partial charge in [-0.3, -0.25) is 4.79 Å². The van der Waals surface area contributed by atoms with Crippen molar-refractivity contribution in [1.29, 1.82) is 0 Å². The Bertz CT molecular complexity index is 241. The monoisotopic (exact) mass is 256 g/mol. The van der Waals surface area contributed by atoms with Gasteiger partial charge in [0.1, 0.15) is 0 Å². The van der Waals surface area contributed by atoms with Crippen molar-refractivity contribution in [3.8, 4) is 0 Å². The van der Waals surface area contributed by atoms with Crippen molar-refractivity contribution >= 4 is 5.97 Å². The summed E-state index contributed by atoms with van der Waals surface area (Å²) in [5.41, 5.74) is -0.474. The molecular weight excluding hydrogens is 224 g/mol. The number of aliphatic carboxylic acids is 1. The minimum Gasteiger partial charge on any atom is -0.481 e. The number of hydrogen-bond donors (Lipinski definition) is 1. The van der Waals surface area contributed by atoms with Gasteiger partial charge >= 0.3 is 5.97 Å². The first-order chi connectivity index (χ1) is 8.21. The summed E-state index contributed by atoms with van der Waals surface area (Å²) in [6.07, 6.45) is 9.71. The lowest BCUT2D eigenvalue weighted by atomic mass is 9.72. The molecule has 0 aliphatic rings. The molecule has 0 spiro atoms. The molecule has 0 aromatic carbocycles. The van der Waals surface area contributed by atoms with E-state index < -0.39 is 11.4 Å². The number of carboxylic acid groups (broad SMARTS) is 1. The summed E-state index contributed by atoms with van der Waals surface area (Å²) in [6.45, 7) is 10.3. The van der Waals surface area contributed by atoms with E-state index in [2.05, 4.69) is 20.8 Å². The fraction of sp³-hybridized carbons (Fsp3) is 0.938. The molecule has 0 aromatic heterocycles. The van der Waals surface area contributed by atoms with Gasteiger partial charge < -0.3 is 5.11 Å². The standard InChI is InChI=1S/C16H32O2/c1-6-7-8-9-10-11-12-15(2,3)13-16(4,5)14(17)18/h6-13H2,1-5H3,(H,17,18). The molecule has 0 saturated carbocycles. The maximum absolute atomic E-state index is 11.1. The molecule has 2 nitrogen and oxygen atoms in total. The second kappa shape index (κ2) is 7.81. The summed E-state index contributed by atoms with van der Waals surface area (Å²) in [4.78, 5) is 11.1. The van der Waals surface area contributed by atoms with Gasteiger partial charge in [-0.25, -0.2) is 0 Å². The Kier molecular flexibility index (Phi) is 7.58. The number of carbonyl (C=O) groups is 1. The first-order valence-corrected chi connectivity index (χ1v) is 7.45. The van der Waals surface area contributed by atoms with Gasteiger partial charge in [0.25, 0.3) is 0 Å². The zero-order valence-corrected chi connectivity index (χ0v) is 13.0. The second-order valence-corrected chi connectivity index (χ2v) is 7.05. The third-order valence-corrected chi connectivity index (χ3v) is 3.71.